The van der Waals surface area contributed by atoms with Crippen LogP contribution in [0.4, 0.5) is 8.78 Å². The second kappa shape index (κ2) is 6.12. The van der Waals surface area contributed by atoms with Gasteiger partial charge in [0.2, 0.25) is 0 Å². The summed E-state index contributed by atoms with van der Waals surface area (Å²) >= 11 is 1.69. The zero-order chi connectivity index (χ0) is 13.8. The van der Waals surface area contributed by atoms with E-state index in [0.717, 1.165) is 5.56 Å². The summed E-state index contributed by atoms with van der Waals surface area (Å²) in [7, 11) is 1.88. The van der Waals surface area contributed by atoms with Crippen molar-refractivity contribution in [1.82, 2.24) is 5.32 Å². The SMILES string of the molecule is CNC(c1ccc(OC(F)F)cc1)c1csc(C)c1. The number of hydrogen-bond donors (Lipinski definition) is 1. The first-order chi connectivity index (χ1) is 9.10. The number of hydrogen-bond acceptors (Lipinski definition) is 3. The molecule has 1 heterocycles. The topological polar surface area (TPSA) is 21.3 Å². The molecule has 0 fully saturated rings. The fraction of sp³-hybridized carbons (Fsp3) is 0.286. The maximum absolute atomic E-state index is 12.1. The van der Waals surface area contributed by atoms with Crippen LogP contribution in [0.15, 0.2) is 35.7 Å². The normalized spacial score (nSPS) is 12.7. The van der Waals surface area contributed by atoms with Crippen LogP contribution < -0.4 is 10.1 Å². The molecule has 0 aliphatic heterocycles. The fourth-order valence-corrected chi connectivity index (χ4v) is 2.71. The molecule has 0 saturated heterocycles. The molecule has 19 heavy (non-hydrogen) atoms. The van der Waals surface area contributed by atoms with Crippen LogP contribution in [0.2, 0.25) is 0 Å². The molecule has 1 aromatic heterocycles. The molecule has 102 valence electrons. The lowest BCUT2D eigenvalue weighted by Crippen LogP contribution is -2.16. The van der Waals surface area contributed by atoms with E-state index in [1.165, 1.54) is 10.4 Å². The second-order valence-electron chi connectivity index (χ2n) is 4.16. The molecule has 0 saturated carbocycles. The van der Waals surface area contributed by atoms with Crippen molar-refractivity contribution in [3.8, 4) is 5.75 Å². The highest BCUT2D eigenvalue weighted by atomic mass is 32.1. The van der Waals surface area contributed by atoms with Crippen LogP contribution >= 0.6 is 11.3 Å². The minimum atomic E-state index is -2.79. The van der Waals surface area contributed by atoms with Gasteiger partial charge in [0, 0.05) is 4.88 Å². The first-order valence-electron chi connectivity index (χ1n) is 5.87. The van der Waals surface area contributed by atoms with Gasteiger partial charge in [-0.1, -0.05) is 12.1 Å². The summed E-state index contributed by atoms with van der Waals surface area (Å²) in [6.07, 6.45) is 0. The van der Waals surface area contributed by atoms with Gasteiger partial charge in [0.25, 0.3) is 0 Å². The Morgan fingerprint density at radius 3 is 2.32 bits per heavy atom. The standard InChI is InChI=1S/C14H15F2NOS/c1-9-7-11(8-19-9)13(17-2)10-3-5-12(6-4-10)18-14(15)16/h3-8,13-14,17H,1-2H3. The summed E-state index contributed by atoms with van der Waals surface area (Å²) < 4.78 is 28.5. The fourth-order valence-electron chi connectivity index (χ4n) is 1.98. The van der Waals surface area contributed by atoms with E-state index in [9.17, 15) is 8.78 Å². The molecule has 0 radical (unpaired) electrons. The lowest BCUT2D eigenvalue weighted by molar-refractivity contribution is -0.0498. The van der Waals surface area contributed by atoms with Crippen molar-refractivity contribution in [3.63, 3.8) is 0 Å². The quantitative estimate of drug-likeness (QED) is 0.896. The van der Waals surface area contributed by atoms with Gasteiger partial charge < -0.3 is 10.1 Å². The van der Waals surface area contributed by atoms with Gasteiger partial charge >= 0.3 is 6.61 Å². The van der Waals surface area contributed by atoms with E-state index in [2.05, 4.69) is 28.4 Å². The molecule has 5 heteroatoms. The predicted octanol–water partition coefficient (Wildman–Crippen LogP) is 3.97. The number of alkyl halides is 2. The monoisotopic (exact) mass is 283 g/mol. The van der Waals surface area contributed by atoms with E-state index in [1.807, 2.05) is 7.05 Å². The molecule has 1 N–H and O–H groups in total. The summed E-state index contributed by atoms with van der Waals surface area (Å²) in [6, 6.07) is 8.90. The van der Waals surface area contributed by atoms with Gasteiger partial charge in [0.05, 0.1) is 6.04 Å². The average molecular weight is 283 g/mol. The van der Waals surface area contributed by atoms with Crippen LogP contribution in [-0.4, -0.2) is 13.7 Å². The molecule has 0 bridgehead atoms. The van der Waals surface area contributed by atoms with Crippen molar-refractivity contribution in [2.24, 2.45) is 0 Å². The van der Waals surface area contributed by atoms with Crippen LogP contribution in [0.3, 0.4) is 0 Å². The van der Waals surface area contributed by atoms with E-state index < -0.39 is 6.61 Å². The summed E-state index contributed by atoms with van der Waals surface area (Å²) in [4.78, 5) is 1.24. The molecule has 0 aliphatic carbocycles. The first kappa shape index (κ1) is 14.0. The summed E-state index contributed by atoms with van der Waals surface area (Å²) in [5, 5.41) is 5.32. The number of thiophene rings is 1. The number of halogens is 2. The van der Waals surface area contributed by atoms with Crippen molar-refractivity contribution >= 4 is 11.3 Å². The maximum Gasteiger partial charge on any atom is 0.387 e. The third-order valence-corrected chi connectivity index (χ3v) is 3.69. The smallest absolute Gasteiger partial charge is 0.387 e. The minimum absolute atomic E-state index is 0.0607. The lowest BCUT2D eigenvalue weighted by atomic mass is 10.0. The molecule has 2 rings (SSSR count). The van der Waals surface area contributed by atoms with Crippen molar-refractivity contribution in [2.75, 3.05) is 7.05 Å². The van der Waals surface area contributed by atoms with Crippen LogP contribution in [0.5, 0.6) is 5.75 Å². The molecular weight excluding hydrogens is 268 g/mol. The first-order valence-corrected chi connectivity index (χ1v) is 6.75. The van der Waals surface area contributed by atoms with Crippen LogP contribution in [-0.2, 0) is 0 Å². The van der Waals surface area contributed by atoms with E-state index in [0.29, 0.717) is 0 Å². The summed E-state index contributed by atoms with van der Waals surface area (Å²) in [5.41, 5.74) is 2.19. The molecule has 0 spiro atoms. The minimum Gasteiger partial charge on any atom is -0.435 e. The Hall–Kier alpha value is -1.46. The van der Waals surface area contributed by atoms with E-state index in [1.54, 1.807) is 35.6 Å². The Bertz CT molecular complexity index is 524. The maximum atomic E-state index is 12.1. The van der Waals surface area contributed by atoms with Gasteiger partial charge in [-0.3, -0.25) is 0 Å². The van der Waals surface area contributed by atoms with Gasteiger partial charge in [0.1, 0.15) is 5.75 Å². The summed E-state index contributed by atoms with van der Waals surface area (Å²) in [6.45, 7) is -0.731. The Balaban J connectivity index is 2.19. The average Bonchev–Trinajstić information content (AvgIpc) is 2.78. The highest BCUT2D eigenvalue weighted by Crippen LogP contribution is 2.27. The van der Waals surface area contributed by atoms with Gasteiger partial charge in [-0.15, -0.1) is 11.3 Å². The Morgan fingerprint density at radius 1 is 1.16 bits per heavy atom. The molecule has 0 aliphatic rings. The van der Waals surface area contributed by atoms with E-state index in [4.69, 9.17) is 0 Å². The molecule has 1 aromatic carbocycles. The number of aryl methyl sites for hydroxylation is 1. The molecule has 1 atom stereocenters. The van der Waals surface area contributed by atoms with E-state index >= 15 is 0 Å². The zero-order valence-electron chi connectivity index (χ0n) is 10.7. The van der Waals surface area contributed by atoms with Crippen LogP contribution in [0.25, 0.3) is 0 Å². The number of nitrogens with one attached hydrogen (secondary N) is 1. The number of benzene rings is 1. The van der Waals surface area contributed by atoms with Crippen molar-refractivity contribution < 1.29 is 13.5 Å². The Kier molecular flexibility index (Phi) is 4.50. The molecule has 0 amide bonds. The van der Waals surface area contributed by atoms with Crippen molar-refractivity contribution in [2.45, 2.75) is 19.6 Å². The number of rotatable bonds is 5. The van der Waals surface area contributed by atoms with Crippen molar-refractivity contribution in [3.05, 3.63) is 51.7 Å². The van der Waals surface area contributed by atoms with Crippen molar-refractivity contribution in [1.29, 1.82) is 0 Å². The molecular formula is C14H15F2NOS. The van der Waals surface area contributed by atoms with Crippen LogP contribution in [0, 0.1) is 6.92 Å². The van der Waals surface area contributed by atoms with Gasteiger partial charge in [-0.25, -0.2) is 0 Å². The molecule has 2 aromatic rings. The molecule has 2 nitrogen and oxygen atoms in total. The Labute approximate surface area is 115 Å². The highest BCUT2D eigenvalue weighted by Gasteiger charge is 2.13. The molecule has 1 unspecified atom stereocenters. The van der Waals surface area contributed by atoms with Gasteiger partial charge in [0.15, 0.2) is 0 Å². The van der Waals surface area contributed by atoms with Crippen LogP contribution in [0.1, 0.15) is 22.0 Å². The summed E-state index contributed by atoms with van der Waals surface area (Å²) in [5.74, 6) is 0.176. The van der Waals surface area contributed by atoms with Gasteiger partial charge in [-0.2, -0.15) is 8.78 Å². The predicted molar refractivity (Wildman–Crippen MR) is 73.0 cm³/mol. The zero-order valence-corrected chi connectivity index (χ0v) is 11.5. The van der Waals surface area contributed by atoms with E-state index in [-0.39, 0.29) is 11.8 Å². The third kappa shape index (κ3) is 3.52. The second-order valence-corrected chi connectivity index (χ2v) is 5.28. The van der Waals surface area contributed by atoms with Gasteiger partial charge in [-0.05, 0) is 48.7 Å². The highest BCUT2D eigenvalue weighted by molar-refractivity contribution is 7.10. The number of ether oxygens (including phenoxy) is 1. The Morgan fingerprint density at radius 2 is 1.84 bits per heavy atom. The largest absolute Gasteiger partial charge is 0.435 e. The lowest BCUT2D eigenvalue weighted by Gasteiger charge is -2.16. The third-order valence-electron chi connectivity index (χ3n) is 2.81.